The third-order valence-corrected chi connectivity index (χ3v) is 3.83. The van der Waals surface area contributed by atoms with E-state index >= 15 is 0 Å². The fourth-order valence-corrected chi connectivity index (χ4v) is 2.33. The summed E-state index contributed by atoms with van der Waals surface area (Å²) in [6, 6.07) is 0. The number of carbonyl (C=O) groups excluding carboxylic acids is 1. The van der Waals surface area contributed by atoms with Crippen LogP contribution in [-0.2, 0) is 4.79 Å². The van der Waals surface area contributed by atoms with E-state index in [9.17, 15) is 4.79 Å². The first-order chi connectivity index (χ1) is 6.02. The Hall–Kier alpha value is -0.590. The van der Waals surface area contributed by atoms with Gasteiger partial charge >= 0.3 is 0 Å². The van der Waals surface area contributed by atoms with Crippen molar-refractivity contribution in [3.63, 3.8) is 0 Å². The van der Waals surface area contributed by atoms with Crippen LogP contribution in [0.4, 0.5) is 0 Å². The first-order valence-corrected chi connectivity index (χ1v) is 5.19. The Morgan fingerprint density at radius 3 is 2.62 bits per heavy atom. The van der Waals surface area contributed by atoms with E-state index in [-0.39, 0.29) is 11.3 Å². The molecule has 74 valence electrons. The highest BCUT2D eigenvalue weighted by atomic mass is 16.1. The second kappa shape index (κ2) is 3.65. The molecule has 0 saturated heterocycles. The monoisotopic (exact) mass is 180 g/mol. The van der Waals surface area contributed by atoms with E-state index in [1.807, 2.05) is 6.92 Å². The summed E-state index contributed by atoms with van der Waals surface area (Å²) in [4.78, 5) is 11.6. The van der Waals surface area contributed by atoms with Crippen molar-refractivity contribution in [2.45, 2.75) is 40.5 Å². The van der Waals surface area contributed by atoms with Gasteiger partial charge in [-0.2, -0.15) is 0 Å². The number of allylic oxidation sites excluding steroid dienone is 2. The van der Waals surface area contributed by atoms with Crippen LogP contribution in [-0.4, -0.2) is 5.78 Å². The molecule has 0 bridgehead atoms. The summed E-state index contributed by atoms with van der Waals surface area (Å²) in [7, 11) is 0. The summed E-state index contributed by atoms with van der Waals surface area (Å²) in [5, 5.41) is 0. The number of hydrogen-bond acceptors (Lipinski definition) is 1. The average molecular weight is 180 g/mol. The highest BCUT2D eigenvalue weighted by Crippen LogP contribution is 2.44. The average Bonchev–Trinajstić information content (AvgIpc) is 2.10. The van der Waals surface area contributed by atoms with Crippen LogP contribution in [0.2, 0.25) is 0 Å². The maximum absolute atomic E-state index is 11.6. The summed E-state index contributed by atoms with van der Waals surface area (Å²) in [5.41, 5.74) is 0.0874. The summed E-state index contributed by atoms with van der Waals surface area (Å²) in [5.74, 6) is 1.24. The molecule has 0 N–H and O–H groups in total. The van der Waals surface area contributed by atoms with E-state index in [0.29, 0.717) is 11.7 Å². The largest absolute Gasteiger partial charge is 0.299 e. The van der Waals surface area contributed by atoms with E-state index in [4.69, 9.17) is 0 Å². The van der Waals surface area contributed by atoms with Crippen molar-refractivity contribution in [1.29, 1.82) is 0 Å². The molecule has 1 nitrogen and oxygen atoms in total. The molecule has 1 heteroatoms. The minimum Gasteiger partial charge on any atom is -0.299 e. The lowest BCUT2D eigenvalue weighted by atomic mass is 9.62. The van der Waals surface area contributed by atoms with Crippen LogP contribution in [0, 0.1) is 17.3 Å². The molecule has 0 amide bonds. The maximum Gasteiger partial charge on any atom is 0.136 e. The lowest BCUT2D eigenvalue weighted by Gasteiger charge is -2.41. The molecule has 1 rings (SSSR count). The summed E-state index contributed by atoms with van der Waals surface area (Å²) in [6.45, 7) is 8.56. The van der Waals surface area contributed by atoms with Crippen LogP contribution < -0.4 is 0 Å². The first kappa shape index (κ1) is 10.5. The predicted octanol–water partition coefficient (Wildman–Crippen LogP) is 3.20. The highest BCUT2D eigenvalue weighted by molar-refractivity contribution is 5.82. The molecule has 1 fully saturated rings. The van der Waals surface area contributed by atoms with E-state index < -0.39 is 0 Å². The quantitative estimate of drug-likeness (QED) is 0.566. The molecule has 0 aromatic heterocycles. The fraction of sp³-hybridized carbons (Fsp3) is 0.750. The smallest absolute Gasteiger partial charge is 0.136 e. The van der Waals surface area contributed by atoms with Crippen LogP contribution in [0.25, 0.3) is 0 Å². The number of rotatable bonds is 1. The molecule has 1 aliphatic rings. The van der Waals surface area contributed by atoms with Crippen molar-refractivity contribution in [3.8, 4) is 0 Å². The van der Waals surface area contributed by atoms with E-state index in [1.54, 1.807) is 0 Å². The third kappa shape index (κ3) is 1.70. The first-order valence-electron chi connectivity index (χ1n) is 5.19. The Kier molecular flexibility index (Phi) is 2.94. The van der Waals surface area contributed by atoms with E-state index in [0.717, 1.165) is 12.8 Å². The molecule has 13 heavy (non-hydrogen) atoms. The molecule has 0 radical (unpaired) electrons. The molecule has 1 aliphatic carbocycles. The van der Waals surface area contributed by atoms with Crippen molar-refractivity contribution in [1.82, 2.24) is 0 Å². The van der Waals surface area contributed by atoms with Gasteiger partial charge in [0.25, 0.3) is 0 Å². The zero-order valence-electron chi connectivity index (χ0n) is 9.13. The highest BCUT2D eigenvalue weighted by Gasteiger charge is 2.41. The number of Topliss-reactive ketones (excluding diaryl/α,β-unsaturated/α-hetero) is 1. The maximum atomic E-state index is 11.6. The second-order valence-corrected chi connectivity index (χ2v) is 4.49. The lowest BCUT2D eigenvalue weighted by Crippen LogP contribution is -2.39. The van der Waals surface area contributed by atoms with Crippen LogP contribution >= 0.6 is 0 Å². The Morgan fingerprint density at radius 1 is 1.46 bits per heavy atom. The Labute approximate surface area is 81.2 Å². The molecule has 3 atom stereocenters. The summed E-state index contributed by atoms with van der Waals surface area (Å²) >= 11 is 0. The minimum atomic E-state index is 0.0874. The van der Waals surface area contributed by atoms with Gasteiger partial charge in [0.1, 0.15) is 5.78 Å². The number of carbonyl (C=O) groups is 1. The predicted molar refractivity (Wildman–Crippen MR) is 55.5 cm³/mol. The SMILES string of the molecule is C/C=C/[C@@]1(C)[C@H](C)CCC(=O)[C@@H]1C. The molecule has 0 spiro atoms. The molecule has 0 heterocycles. The molecule has 1 saturated carbocycles. The van der Waals surface area contributed by atoms with Gasteiger partial charge in [-0.05, 0) is 24.7 Å². The Morgan fingerprint density at radius 2 is 2.08 bits per heavy atom. The van der Waals surface area contributed by atoms with Crippen LogP contribution in [0.3, 0.4) is 0 Å². The zero-order chi connectivity index (χ0) is 10.1. The van der Waals surface area contributed by atoms with E-state index in [2.05, 4.69) is 32.9 Å². The van der Waals surface area contributed by atoms with Gasteiger partial charge < -0.3 is 0 Å². The number of hydrogen-bond donors (Lipinski definition) is 0. The Balaban J connectivity index is 2.94. The summed E-state index contributed by atoms with van der Waals surface area (Å²) < 4.78 is 0. The standard InChI is InChI=1S/C12H20O/c1-5-8-12(4)9(2)6-7-11(13)10(12)3/h5,8-10H,6-7H2,1-4H3/b8-5+/t9-,10+,12+/m1/s1. The van der Waals surface area contributed by atoms with Crippen LogP contribution in [0.1, 0.15) is 40.5 Å². The zero-order valence-corrected chi connectivity index (χ0v) is 9.13. The Bertz CT molecular complexity index is 229. The van der Waals surface area contributed by atoms with Gasteiger partial charge in [-0.25, -0.2) is 0 Å². The fourth-order valence-electron chi connectivity index (χ4n) is 2.33. The van der Waals surface area contributed by atoms with Crippen molar-refractivity contribution < 1.29 is 4.79 Å². The molecule has 0 unspecified atom stereocenters. The normalized spacial score (nSPS) is 41.4. The van der Waals surface area contributed by atoms with Gasteiger partial charge in [0.15, 0.2) is 0 Å². The van der Waals surface area contributed by atoms with Crippen molar-refractivity contribution in [2.24, 2.45) is 17.3 Å². The van der Waals surface area contributed by atoms with Crippen LogP contribution in [0.15, 0.2) is 12.2 Å². The molecule has 0 aliphatic heterocycles. The van der Waals surface area contributed by atoms with Gasteiger partial charge in [-0.15, -0.1) is 0 Å². The lowest BCUT2D eigenvalue weighted by molar-refractivity contribution is -0.129. The third-order valence-electron chi connectivity index (χ3n) is 3.83. The summed E-state index contributed by atoms with van der Waals surface area (Å²) in [6.07, 6.45) is 6.10. The molecule has 0 aromatic carbocycles. The van der Waals surface area contributed by atoms with Crippen molar-refractivity contribution in [2.75, 3.05) is 0 Å². The van der Waals surface area contributed by atoms with Gasteiger partial charge in [-0.3, -0.25) is 4.79 Å². The minimum absolute atomic E-state index is 0.0874. The van der Waals surface area contributed by atoms with E-state index in [1.165, 1.54) is 0 Å². The van der Waals surface area contributed by atoms with Crippen molar-refractivity contribution >= 4 is 5.78 Å². The van der Waals surface area contributed by atoms with Crippen LogP contribution in [0.5, 0.6) is 0 Å². The van der Waals surface area contributed by atoms with Gasteiger partial charge in [0, 0.05) is 12.3 Å². The van der Waals surface area contributed by atoms with Gasteiger partial charge in [0.2, 0.25) is 0 Å². The second-order valence-electron chi connectivity index (χ2n) is 4.49. The number of ketones is 1. The topological polar surface area (TPSA) is 17.1 Å². The van der Waals surface area contributed by atoms with Gasteiger partial charge in [-0.1, -0.05) is 32.9 Å². The van der Waals surface area contributed by atoms with Gasteiger partial charge in [0.05, 0.1) is 0 Å². The van der Waals surface area contributed by atoms with Crippen molar-refractivity contribution in [3.05, 3.63) is 12.2 Å². The molecule has 0 aromatic rings. The molecular weight excluding hydrogens is 160 g/mol. The molecular formula is C12H20O.